The first kappa shape index (κ1) is 10.1. The number of nitrogens with zero attached hydrogens (tertiary/aromatic N) is 3. The van der Waals surface area contributed by atoms with Crippen LogP contribution in [0.5, 0.6) is 0 Å². The highest BCUT2D eigenvalue weighted by molar-refractivity contribution is 6.16. The second kappa shape index (κ2) is 3.98. The van der Waals surface area contributed by atoms with Crippen LogP contribution >= 0.6 is 11.6 Å². The lowest BCUT2D eigenvalue weighted by Gasteiger charge is -2.00. The van der Waals surface area contributed by atoms with E-state index in [1.165, 1.54) is 0 Å². The number of halogens is 1. The summed E-state index contributed by atoms with van der Waals surface area (Å²) in [5, 5.41) is 3.84. The molecular formula is C10H10ClN3O. The molecule has 0 fully saturated rings. The van der Waals surface area contributed by atoms with E-state index < -0.39 is 0 Å². The van der Waals surface area contributed by atoms with E-state index in [2.05, 4.69) is 15.1 Å². The maximum Gasteiger partial charge on any atom is 0.241 e. The molecule has 2 aromatic heterocycles. The molecule has 0 saturated heterocycles. The van der Waals surface area contributed by atoms with Crippen molar-refractivity contribution in [3.8, 4) is 11.4 Å². The van der Waals surface area contributed by atoms with Crippen LogP contribution in [-0.4, -0.2) is 15.1 Å². The van der Waals surface area contributed by atoms with Gasteiger partial charge in [-0.3, -0.25) is 4.98 Å². The van der Waals surface area contributed by atoms with E-state index in [4.69, 9.17) is 16.1 Å². The summed E-state index contributed by atoms with van der Waals surface area (Å²) in [6.07, 6.45) is 1.74. The largest absolute Gasteiger partial charge is 0.338 e. The lowest BCUT2D eigenvalue weighted by molar-refractivity contribution is 0.391. The van der Waals surface area contributed by atoms with Gasteiger partial charge in [0, 0.05) is 17.5 Å². The van der Waals surface area contributed by atoms with E-state index >= 15 is 0 Å². The highest BCUT2D eigenvalue weighted by atomic mass is 35.5. The average Bonchev–Trinajstić information content (AvgIpc) is 2.66. The summed E-state index contributed by atoms with van der Waals surface area (Å²) < 4.78 is 4.93. The lowest BCUT2D eigenvalue weighted by Crippen LogP contribution is -1.90. The Morgan fingerprint density at radius 3 is 2.80 bits per heavy atom. The van der Waals surface area contributed by atoms with Crippen molar-refractivity contribution < 1.29 is 4.52 Å². The first-order valence-corrected chi connectivity index (χ1v) is 5.06. The maximum atomic E-state index is 5.58. The predicted molar refractivity (Wildman–Crippen MR) is 56.6 cm³/mol. The molecule has 0 bridgehead atoms. The van der Waals surface area contributed by atoms with Gasteiger partial charge in [-0.1, -0.05) is 5.16 Å². The van der Waals surface area contributed by atoms with Crippen molar-refractivity contribution >= 4 is 11.6 Å². The third-order valence-electron chi connectivity index (χ3n) is 2.07. The molecule has 0 aliphatic carbocycles. The molecule has 0 saturated carbocycles. The molecule has 78 valence electrons. The van der Waals surface area contributed by atoms with Gasteiger partial charge in [0.1, 0.15) is 5.88 Å². The topological polar surface area (TPSA) is 51.8 Å². The molecule has 0 aromatic carbocycles. The number of hydrogen-bond acceptors (Lipinski definition) is 4. The summed E-state index contributed by atoms with van der Waals surface area (Å²) in [5.41, 5.74) is 2.92. The zero-order valence-electron chi connectivity index (χ0n) is 8.49. The zero-order chi connectivity index (χ0) is 10.8. The van der Waals surface area contributed by atoms with Gasteiger partial charge in [-0.05, 0) is 25.5 Å². The van der Waals surface area contributed by atoms with Crippen LogP contribution in [0.3, 0.4) is 0 Å². The Labute approximate surface area is 92.3 Å². The minimum Gasteiger partial charge on any atom is -0.338 e. The van der Waals surface area contributed by atoms with Crippen molar-refractivity contribution in [2.24, 2.45) is 0 Å². The average molecular weight is 224 g/mol. The van der Waals surface area contributed by atoms with Gasteiger partial charge in [-0.2, -0.15) is 4.98 Å². The van der Waals surface area contributed by atoms with Gasteiger partial charge in [0.05, 0.1) is 0 Å². The molecule has 0 aliphatic rings. The van der Waals surface area contributed by atoms with Gasteiger partial charge in [0.15, 0.2) is 0 Å². The Morgan fingerprint density at radius 2 is 2.20 bits per heavy atom. The summed E-state index contributed by atoms with van der Waals surface area (Å²) >= 11 is 5.58. The molecule has 2 rings (SSSR count). The van der Waals surface area contributed by atoms with Crippen molar-refractivity contribution in [3.05, 3.63) is 29.4 Å². The third-order valence-corrected chi connectivity index (χ3v) is 2.30. The predicted octanol–water partition coefficient (Wildman–Crippen LogP) is 2.49. The molecule has 0 amide bonds. The van der Waals surface area contributed by atoms with Gasteiger partial charge in [0.25, 0.3) is 0 Å². The van der Waals surface area contributed by atoms with Crippen molar-refractivity contribution in [2.75, 3.05) is 0 Å². The van der Waals surface area contributed by atoms with Crippen LogP contribution < -0.4 is 0 Å². The number of alkyl halides is 1. The van der Waals surface area contributed by atoms with E-state index in [1.807, 2.05) is 19.9 Å². The van der Waals surface area contributed by atoms with E-state index in [9.17, 15) is 0 Å². The number of aromatic nitrogens is 3. The van der Waals surface area contributed by atoms with Crippen LogP contribution in [0.25, 0.3) is 11.4 Å². The molecule has 0 spiro atoms. The quantitative estimate of drug-likeness (QED) is 0.734. The van der Waals surface area contributed by atoms with Crippen LogP contribution in [0.1, 0.15) is 17.1 Å². The highest BCUT2D eigenvalue weighted by Gasteiger charge is 2.10. The van der Waals surface area contributed by atoms with Crippen molar-refractivity contribution in [3.63, 3.8) is 0 Å². The lowest BCUT2D eigenvalue weighted by atomic mass is 10.1. The van der Waals surface area contributed by atoms with E-state index in [0.717, 1.165) is 16.8 Å². The molecule has 0 radical (unpaired) electrons. The standard InChI is InChI=1S/C10H10ClN3O/c1-6-3-7(2)12-5-8(6)10-13-9(4-11)15-14-10/h3,5H,4H2,1-2H3. The molecule has 2 aromatic rings. The first-order valence-electron chi connectivity index (χ1n) is 4.53. The second-order valence-electron chi connectivity index (χ2n) is 3.29. The second-order valence-corrected chi connectivity index (χ2v) is 3.55. The fourth-order valence-electron chi connectivity index (χ4n) is 1.35. The fraction of sp³-hybridized carbons (Fsp3) is 0.300. The van der Waals surface area contributed by atoms with Crippen molar-refractivity contribution in [1.82, 2.24) is 15.1 Å². The van der Waals surface area contributed by atoms with Crippen LogP contribution in [0, 0.1) is 13.8 Å². The summed E-state index contributed by atoms with van der Waals surface area (Å²) in [6, 6.07) is 1.98. The Bertz CT molecular complexity index is 481. The first-order chi connectivity index (χ1) is 7.20. The van der Waals surface area contributed by atoms with Crippen LogP contribution in [-0.2, 0) is 5.88 Å². The Kier molecular flexibility index (Phi) is 2.68. The molecule has 15 heavy (non-hydrogen) atoms. The van der Waals surface area contributed by atoms with Crippen LogP contribution in [0.2, 0.25) is 0 Å². The number of pyridine rings is 1. The molecule has 0 unspecified atom stereocenters. The molecule has 0 aliphatic heterocycles. The Hall–Kier alpha value is -1.42. The van der Waals surface area contributed by atoms with E-state index in [0.29, 0.717) is 11.7 Å². The smallest absolute Gasteiger partial charge is 0.241 e. The molecular weight excluding hydrogens is 214 g/mol. The number of hydrogen-bond donors (Lipinski definition) is 0. The fourth-order valence-corrected chi connectivity index (χ4v) is 1.46. The van der Waals surface area contributed by atoms with Gasteiger partial charge >= 0.3 is 0 Å². The van der Waals surface area contributed by atoms with Gasteiger partial charge in [-0.15, -0.1) is 11.6 Å². The number of rotatable bonds is 2. The van der Waals surface area contributed by atoms with Gasteiger partial charge in [-0.25, -0.2) is 0 Å². The van der Waals surface area contributed by atoms with Crippen LogP contribution in [0.4, 0.5) is 0 Å². The maximum absolute atomic E-state index is 5.58. The zero-order valence-corrected chi connectivity index (χ0v) is 9.25. The van der Waals surface area contributed by atoms with Crippen LogP contribution in [0.15, 0.2) is 16.8 Å². The minimum atomic E-state index is 0.228. The normalized spacial score (nSPS) is 10.6. The summed E-state index contributed by atoms with van der Waals surface area (Å²) in [4.78, 5) is 8.34. The molecule has 0 N–H and O–H groups in total. The highest BCUT2D eigenvalue weighted by Crippen LogP contribution is 2.20. The minimum absolute atomic E-state index is 0.228. The van der Waals surface area contributed by atoms with Gasteiger partial charge in [0.2, 0.25) is 11.7 Å². The van der Waals surface area contributed by atoms with Crippen molar-refractivity contribution in [1.29, 1.82) is 0 Å². The molecule has 2 heterocycles. The Balaban J connectivity index is 2.44. The van der Waals surface area contributed by atoms with E-state index in [1.54, 1.807) is 6.20 Å². The molecule has 0 atom stereocenters. The Morgan fingerprint density at radius 1 is 1.40 bits per heavy atom. The third kappa shape index (κ3) is 1.99. The summed E-state index contributed by atoms with van der Waals surface area (Å²) in [6.45, 7) is 3.93. The van der Waals surface area contributed by atoms with E-state index in [-0.39, 0.29) is 5.88 Å². The summed E-state index contributed by atoms with van der Waals surface area (Å²) in [5.74, 6) is 1.19. The monoisotopic (exact) mass is 223 g/mol. The molecule has 4 nitrogen and oxygen atoms in total. The molecule has 5 heteroatoms. The SMILES string of the molecule is Cc1cc(C)c(-c2noc(CCl)n2)cn1. The summed E-state index contributed by atoms with van der Waals surface area (Å²) in [7, 11) is 0. The van der Waals surface area contributed by atoms with Crippen molar-refractivity contribution in [2.45, 2.75) is 19.7 Å². The number of aryl methyl sites for hydroxylation is 2. The van der Waals surface area contributed by atoms with Gasteiger partial charge < -0.3 is 4.52 Å².